The van der Waals surface area contributed by atoms with Crippen LogP contribution in [0.2, 0.25) is 0 Å². The maximum absolute atomic E-state index is 12.9. The van der Waals surface area contributed by atoms with Crippen molar-refractivity contribution in [1.82, 2.24) is 30.3 Å². The molecule has 1 saturated heterocycles. The fraction of sp³-hybridized carbons (Fsp3) is 0.364. The molecule has 4 rings (SSSR count). The Labute approximate surface area is 179 Å². The highest BCUT2D eigenvalue weighted by atomic mass is 16.5. The Bertz CT molecular complexity index is 1010. The summed E-state index contributed by atoms with van der Waals surface area (Å²) in [6.07, 6.45) is 9.04. The van der Waals surface area contributed by atoms with Gasteiger partial charge in [0.1, 0.15) is 0 Å². The van der Waals surface area contributed by atoms with Crippen molar-refractivity contribution in [1.29, 1.82) is 0 Å². The summed E-state index contributed by atoms with van der Waals surface area (Å²) >= 11 is 0. The molecule has 0 aromatic carbocycles. The Morgan fingerprint density at radius 1 is 1.10 bits per heavy atom. The Morgan fingerprint density at radius 3 is 2.71 bits per heavy atom. The molecule has 0 spiro atoms. The third kappa shape index (κ3) is 5.30. The second-order valence-corrected chi connectivity index (χ2v) is 7.46. The van der Waals surface area contributed by atoms with Crippen LogP contribution < -0.4 is 5.32 Å². The predicted octanol–water partition coefficient (Wildman–Crippen LogP) is 2.44. The zero-order valence-electron chi connectivity index (χ0n) is 17.1. The van der Waals surface area contributed by atoms with Crippen LogP contribution in [-0.2, 0) is 4.79 Å². The van der Waals surface area contributed by atoms with Crippen LogP contribution in [0.4, 0.5) is 0 Å². The van der Waals surface area contributed by atoms with E-state index in [1.807, 2.05) is 12.1 Å². The third-order valence-corrected chi connectivity index (χ3v) is 5.31. The minimum absolute atomic E-state index is 0.00772. The van der Waals surface area contributed by atoms with Gasteiger partial charge in [0.2, 0.25) is 17.6 Å². The van der Waals surface area contributed by atoms with E-state index in [1.54, 1.807) is 41.8 Å². The third-order valence-electron chi connectivity index (χ3n) is 5.31. The maximum Gasteiger partial charge on any atom is 0.255 e. The van der Waals surface area contributed by atoms with Gasteiger partial charge in [0.15, 0.2) is 0 Å². The van der Waals surface area contributed by atoms with Gasteiger partial charge in [-0.1, -0.05) is 5.16 Å². The molecule has 0 radical (unpaired) electrons. The van der Waals surface area contributed by atoms with Gasteiger partial charge in [-0.2, -0.15) is 4.98 Å². The van der Waals surface area contributed by atoms with Crippen molar-refractivity contribution < 1.29 is 14.1 Å². The number of hydrogen-bond acceptors (Lipinski definition) is 7. The van der Waals surface area contributed by atoms with E-state index in [-0.39, 0.29) is 24.2 Å². The minimum atomic E-state index is -0.117. The quantitative estimate of drug-likeness (QED) is 0.692. The van der Waals surface area contributed by atoms with E-state index >= 15 is 0 Å². The summed E-state index contributed by atoms with van der Waals surface area (Å²) in [5.41, 5.74) is 1.31. The lowest BCUT2D eigenvalue weighted by Crippen LogP contribution is -2.35. The lowest BCUT2D eigenvalue weighted by molar-refractivity contribution is -0.121. The summed E-state index contributed by atoms with van der Waals surface area (Å²) in [5.74, 6) is 0.832. The number of pyridine rings is 2. The first kappa shape index (κ1) is 20.6. The highest BCUT2D eigenvalue weighted by molar-refractivity contribution is 5.94. The topological polar surface area (TPSA) is 114 Å². The smallest absolute Gasteiger partial charge is 0.255 e. The van der Waals surface area contributed by atoms with E-state index in [0.717, 1.165) is 18.4 Å². The zero-order chi connectivity index (χ0) is 21.5. The zero-order valence-corrected chi connectivity index (χ0v) is 17.1. The number of carbonyl (C=O) groups is 2. The second kappa shape index (κ2) is 9.92. The molecule has 4 heterocycles. The average molecular weight is 420 g/mol. The van der Waals surface area contributed by atoms with Gasteiger partial charge in [-0.15, -0.1) is 0 Å². The minimum Gasteiger partial charge on any atom is -0.356 e. The van der Waals surface area contributed by atoms with Gasteiger partial charge in [-0.05, 0) is 43.5 Å². The molecular weight excluding hydrogens is 396 g/mol. The highest BCUT2D eigenvalue weighted by Gasteiger charge is 2.23. The van der Waals surface area contributed by atoms with E-state index in [1.165, 1.54) is 0 Å². The standard InChI is InChI=1S/C22H24N6O3/c29-19-8-13-28(22(30)18-5-2-10-24-15-18)12-3-6-16(7-11-25-19)21-26-20(27-31-21)17-4-1-9-23-14-17/h1-2,4-5,9-10,14-16H,3,6-8,11-13H2,(H,25,29). The summed E-state index contributed by atoms with van der Waals surface area (Å²) in [6, 6.07) is 7.17. The van der Waals surface area contributed by atoms with Gasteiger partial charge in [0.25, 0.3) is 5.91 Å². The predicted molar refractivity (Wildman–Crippen MR) is 112 cm³/mol. The normalized spacial score (nSPS) is 18.1. The lowest BCUT2D eigenvalue weighted by Gasteiger charge is -2.22. The Balaban J connectivity index is 1.47. The molecule has 9 nitrogen and oxygen atoms in total. The molecule has 1 aliphatic rings. The Kier molecular flexibility index (Phi) is 6.61. The molecule has 0 aliphatic carbocycles. The molecule has 1 atom stereocenters. The number of hydrogen-bond donors (Lipinski definition) is 1. The number of nitrogens with one attached hydrogen (secondary N) is 1. The fourth-order valence-electron chi connectivity index (χ4n) is 3.63. The van der Waals surface area contributed by atoms with Gasteiger partial charge in [0, 0.05) is 62.3 Å². The van der Waals surface area contributed by atoms with Crippen LogP contribution in [0.15, 0.2) is 53.6 Å². The van der Waals surface area contributed by atoms with Gasteiger partial charge >= 0.3 is 0 Å². The largest absolute Gasteiger partial charge is 0.356 e. The van der Waals surface area contributed by atoms with Crippen LogP contribution in [0.1, 0.15) is 47.8 Å². The van der Waals surface area contributed by atoms with E-state index in [0.29, 0.717) is 43.3 Å². The maximum atomic E-state index is 12.9. The molecule has 3 aromatic heterocycles. The fourth-order valence-corrected chi connectivity index (χ4v) is 3.63. The molecule has 1 fully saturated rings. The number of amides is 2. The number of aromatic nitrogens is 4. The molecular formula is C22H24N6O3. The first-order chi connectivity index (χ1) is 15.2. The van der Waals surface area contributed by atoms with Crippen molar-refractivity contribution in [2.45, 2.75) is 31.6 Å². The molecule has 0 saturated carbocycles. The molecule has 31 heavy (non-hydrogen) atoms. The van der Waals surface area contributed by atoms with Crippen molar-refractivity contribution in [2.24, 2.45) is 0 Å². The SMILES string of the molecule is O=C1CCN(C(=O)c2cccnc2)CCCC(c2nc(-c3cccnc3)no2)CCN1. The number of nitrogens with zero attached hydrogens (tertiary/aromatic N) is 5. The van der Waals surface area contributed by atoms with E-state index in [9.17, 15) is 9.59 Å². The van der Waals surface area contributed by atoms with Crippen LogP contribution in [0.25, 0.3) is 11.4 Å². The summed E-state index contributed by atoms with van der Waals surface area (Å²) in [4.78, 5) is 39.5. The first-order valence-corrected chi connectivity index (χ1v) is 10.4. The second-order valence-electron chi connectivity index (χ2n) is 7.46. The molecule has 3 aromatic rings. The van der Waals surface area contributed by atoms with Gasteiger partial charge < -0.3 is 14.7 Å². The van der Waals surface area contributed by atoms with Gasteiger partial charge in [-0.25, -0.2) is 0 Å². The molecule has 9 heteroatoms. The summed E-state index contributed by atoms with van der Waals surface area (Å²) in [6.45, 7) is 1.43. The van der Waals surface area contributed by atoms with E-state index < -0.39 is 0 Å². The number of carbonyl (C=O) groups excluding carboxylic acids is 2. The summed E-state index contributed by atoms with van der Waals surface area (Å²) in [7, 11) is 0. The van der Waals surface area contributed by atoms with E-state index in [4.69, 9.17) is 4.52 Å². The van der Waals surface area contributed by atoms with Crippen molar-refractivity contribution >= 4 is 11.8 Å². The molecule has 1 aliphatic heterocycles. The van der Waals surface area contributed by atoms with Crippen molar-refractivity contribution in [3.05, 3.63) is 60.5 Å². The van der Waals surface area contributed by atoms with Crippen molar-refractivity contribution in [2.75, 3.05) is 19.6 Å². The molecule has 160 valence electrons. The summed E-state index contributed by atoms with van der Waals surface area (Å²) < 4.78 is 5.54. The van der Waals surface area contributed by atoms with Crippen LogP contribution >= 0.6 is 0 Å². The number of rotatable bonds is 3. The van der Waals surface area contributed by atoms with Crippen LogP contribution in [0.5, 0.6) is 0 Å². The van der Waals surface area contributed by atoms with Gasteiger partial charge in [-0.3, -0.25) is 19.6 Å². The highest BCUT2D eigenvalue weighted by Crippen LogP contribution is 2.26. The Morgan fingerprint density at radius 2 is 1.94 bits per heavy atom. The van der Waals surface area contributed by atoms with Crippen LogP contribution in [0.3, 0.4) is 0 Å². The van der Waals surface area contributed by atoms with E-state index in [2.05, 4.69) is 25.4 Å². The monoisotopic (exact) mass is 420 g/mol. The van der Waals surface area contributed by atoms with Gasteiger partial charge in [0.05, 0.1) is 5.56 Å². The molecule has 0 bridgehead atoms. The lowest BCUT2D eigenvalue weighted by atomic mass is 9.99. The molecule has 1 N–H and O–H groups in total. The molecule has 2 amide bonds. The average Bonchev–Trinajstić information content (AvgIpc) is 3.29. The van der Waals surface area contributed by atoms with Crippen LogP contribution in [-0.4, -0.2) is 56.5 Å². The Hall–Kier alpha value is -3.62. The van der Waals surface area contributed by atoms with Crippen molar-refractivity contribution in [3.63, 3.8) is 0 Å². The van der Waals surface area contributed by atoms with Crippen LogP contribution in [0, 0.1) is 0 Å². The molecule has 1 unspecified atom stereocenters. The van der Waals surface area contributed by atoms with Crippen molar-refractivity contribution in [3.8, 4) is 11.4 Å². The first-order valence-electron chi connectivity index (χ1n) is 10.4. The summed E-state index contributed by atoms with van der Waals surface area (Å²) in [5, 5.41) is 7.02.